The number of phenols is 1. The minimum atomic E-state index is -0.359. The van der Waals surface area contributed by atoms with Crippen molar-refractivity contribution in [1.29, 1.82) is 0 Å². The highest BCUT2D eigenvalue weighted by molar-refractivity contribution is 6.00. The third kappa shape index (κ3) is 5.29. The lowest BCUT2D eigenvalue weighted by atomic mass is 10.1. The number of hydrogen-bond donors (Lipinski definition) is 3. The van der Waals surface area contributed by atoms with E-state index < -0.39 is 0 Å². The summed E-state index contributed by atoms with van der Waals surface area (Å²) in [5, 5.41) is 19.4. The lowest BCUT2D eigenvalue weighted by Gasteiger charge is -2.08. The molecule has 0 aliphatic rings. The molecule has 172 valence electrons. The van der Waals surface area contributed by atoms with Crippen molar-refractivity contribution in [2.24, 2.45) is 0 Å². The summed E-state index contributed by atoms with van der Waals surface area (Å²) >= 11 is 0. The van der Waals surface area contributed by atoms with Crippen LogP contribution < -0.4 is 10.6 Å². The highest BCUT2D eigenvalue weighted by atomic mass is 19.1. The van der Waals surface area contributed by atoms with Crippen molar-refractivity contribution < 1.29 is 19.1 Å². The molecule has 4 aromatic rings. The Kier molecular flexibility index (Phi) is 6.68. The SMILES string of the molecule is Cc1ccc(-c2nn(-c3ccc(F)cc3)cc2C(=O)NCCNC(=O)c2ccc(O)cc2)cc1. The first-order valence-corrected chi connectivity index (χ1v) is 10.7. The zero-order valence-electron chi connectivity index (χ0n) is 18.5. The first kappa shape index (κ1) is 22.7. The van der Waals surface area contributed by atoms with Gasteiger partial charge in [-0.2, -0.15) is 5.10 Å². The van der Waals surface area contributed by atoms with Crippen LogP contribution in [0.15, 0.2) is 79.0 Å². The van der Waals surface area contributed by atoms with Gasteiger partial charge < -0.3 is 15.7 Å². The molecular weight excluding hydrogens is 435 g/mol. The first-order chi connectivity index (χ1) is 16.4. The van der Waals surface area contributed by atoms with Gasteiger partial charge in [-0.3, -0.25) is 9.59 Å². The molecule has 0 fully saturated rings. The van der Waals surface area contributed by atoms with Gasteiger partial charge in [0.05, 0.1) is 11.3 Å². The summed E-state index contributed by atoms with van der Waals surface area (Å²) < 4.78 is 14.9. The molecule has 0 aliphatic heterocycles. The molecule has 1 heterocycles. The van der Waals surface area contributed by atoms with E-state index in [-0.39, 0.29) is 36.5 Å². The van der Waals surface area contributed by atoms with E-state index in [0.717, 1.165) is 11.1 Å². The predicted molar refractivity (Wildman–Crippen MR) is 126 cm³/mol. The van der Waals surface area contributed by atoms with Gasteiger partial charge >= 0.3 is 0 Å². The number of hydrogen-bond acceptors (Lipinski definition) is 4. The number of amides is 2. The molecule has 0 radical (unpaired) electrons. The van der Waals surface area contributed by atoms with Crippen LogP contribution in [0.2, 0.25) is 0 Å². The number of carbonyl (C=O) groups excluding carboxylic acids is 2. The predicted octanol–water partition coefficient (Wildman–Crippen LogP) is 3.85. The Morgan fingerprint density at radius 2 is 1.50 bits per heavy atom. The van der Waals surface area contributed by atoms with Crippen molar-refractivity contribution >= 4 is 11.8 Å². The van der Waals surface area contributed by atoms with Crippen LogP contribution in [0.1, 0.15) is 26.3 Å². The number of nitrogens with zero attached hydrogens (tertiary/aromatic N) is 2. The molecule has 34 heavy (non-hydrogen) atoms. The van der Waals surface area contributed by atoms with Gasteiger partial charge in [-0.15, -0.1) is 0 Å². The van der Waals surface area contributed by atoms with E-state index in [1.54, 1.807) is 18.3 Å². The fraction of sp³-hybridized carbons (Fsp3) is 0.115. The number of phenolic OH excluding ortho intramolecular Hbond substituents is 1. The van der Waals surface area contributed by atoms with Gasteiger partial charge in [0.2, 0.25) is 0 Å². The van der Waals surface area contributed by atoms with Crippen molar-refractivity contribution in [2.45, 2.75) is 6.92 Å². The van der Waals surface area contributed by atoms with Gasteiger partial charge in [-0.25, -0.2) is 9.07 Å². The Bertz CT molecular complexity index is 1300. The van der Waals surface area contributed by atoms with Gasteiger partial charge in [-0.05, 0) is 55.5 Å². The number of halogens is 1. The molecule has 0 unspecified atom stereocenters. The van der Waals surface area contributed by atoms with E-state index in [0.29, 0.717) is 22.5 Å². The molecule has 0 aliphatic carbocycles. The largest absolute Gasteiger partial charge is 0.508 e. The number of nitrogens with one attached hydrogen (secondary N) is 2. The fourth-order valence-electron chi connectivity index (χ4n) is 3.35. The van der Waals surface area contributed by atoms with Crippen molar-refractivity contribution in [3.63, 3.8) is 0 Å². The maximum absolute atomic E-state index is 13.3. The third-order valence-electron chi connectivity index (χ3n) is 5.20. The van der Waals surface area contributed by atoms with Crippen molar-refractivity contribution in [2.75, 3.05) is 13.1 Å². The molecule has 0 spiro atoms. The fourth-order valence-corrected chi connectivity index (χ4v) is 3.35. The highest BCUT2D eigenvalue weighted by Crippen LogP contribution is 2.24. The van der Waals surface area contributed by atoms with Crippen LogP contribution in [-0.4, -0.2) is 39.8 Å². The van der Waals surface area contributed by atoms with Crippen LogP contribution in [-0.2, 0) is 0 Å². The van der Waals surface area contributed by atoms with Crippen LogP contribution in [0.25, 0.3) is 16.9 Å². The van der Waals surface area contributed by atoms with E-state index in [9.17, 15) is 19.1 Å². The van der Waals surface area contributed by atoms with Crippen LogP contribution in [0.5, 0.6) is 5.75 Å². The van der Waals surface area contributed by atoms with Crippen LogP contribution >= 0.6 is 0 Å². The second-order valence-corrected chi connectivity index (χ2v) is 7.74. The number of rotatable bonds is 7. The van der Waals surface area contributed by atoms with Crippen LogP contribution in [0.4, 0.5) is 4.39 Å². The zero-order valence-corrected chi connectivity index (χ0v) is 18.5. The maximum atomic E-state index is 13.3. The maximum Gasteiger partial charge on any atom is 0.255 e. The topological polar surface area (TPSA) is 96.3 Å². The lowest BCUT2D eigenvalue weighted by Crippen LogP contribution is -2.34. The molecule has 0 saturated heterocycles. The number of aromatic hydroxyl groups is 1. The second-order valence-electron chi connectivity index (χ2n) is 7.74. The highest BCUT2D eigenvalue weighted by Gasteiger charge is 2.18. The minimum absolute atomic E-state index is 0.0781. The van der Waals surface area contributed by atoms with E-state index in [4.69, 9.17) is 0 Å². The minimum Gasteiger partial charge on any atom is -0.508 e. The van der Waals surface area contributed by atoms with Gasteiger partial charge in [0.25, 0.3) is 11.8 Å². The van der Waals surface area contributed by atoms with Gasteiger partial charge in [-0.1, -0.05) is 29.8 Å². The smallest absolute Gasteiger partial charge is 0.255 e. The molecule has 3 aromatic carbocycles. The van der Waals surface area contributed by atoms with E-state index in [1.807, 2.05) is 31.2 Å². The monoisotopic (exact) mass is 458 g/mol. The summed E-state index contributed by atoms with van der Waals surface area (Å²) in [6.07, 6.45) is 1.60. The number of aryl methyl sites for hydroxylation is 1. The molecule has 0 saturated carbocycles. The molecule has 1 aromatic heterocycles. The molecular formula is C26H23FN4O3. The molecule has 0 bridgehead atoms. The molecule has 2 amide bonds. The Morgan fingerprint density at radius 3 is 2.15 bits per heavy atom. The average molecular weight is 458 g/mol. The molecule has 0 atom stereocenters. The summed E-state index contributed by atoms with van der Waals surface area (Å²) in [6.45, 7) is 2.40. The van der Waals surface area contributed by atoms with Crippen LogP contribution in [0, 0.1) is 12.7 Å². The van der Waals surface area contributed by atoms with Gasteiger partial charge in [0, 0.05) is 30.4 Å². The summed E-state index contributed by atoms with van der Waals surface area (Å²) in [4.78, 5) is 25.2. The lowest BCUT2D eigenvalue weighted by molar-refractivity contribution is 0.0928. The van der Waals surface area contributed by atoms with Crippen molar-refractivity contribution in [3.8, 4) is 22.7 Å². The summed E-state index contributed by atoms with van der Waals surface area (Å²) in [5.41, 5.74) is 3.74. The Morgan fingerprint density at radius 1 is 0.882 bits per heavy atom. The van der Waals surface area contributed by atoms with Crippen molar-refractivity contribution in [1.82, 2.24) is 20.4 Å². The molecule has 7 nitrogen and oxygen atoms in total. The summed E-state index contributed by atoms with van der Waals surface area (Å²) in [6, 6.07) is 19.4. The summed E-state index contributed by atoms with van der Waals surface area (Å²) in [7, 11) is 0. The second kappa shape index (κ2) is 9.99. The van der Waals surface area contributed by atoms with Gasteiger partial charge in [0.1, 0.15) is 17.3 Å². The summed E-state index contributed by atoms with van der Waals surface area (Å²) in [5.74, 6) is -0.932. The first-order valence-electron chi connectivity index (χ1n) is 10.7. The number of benzene rings is 3. The van der Waals surface area contributed by atoms with E-state index in [1.165, 1.54) is 41.1 Å². The van der Waals surface area contributed by atoms with Crippen molar-refractivity contribution in [3.05, 3.63) is 102 Å². The van der Waals surface area contributed by atoms with E-state index in [2.05, 4.69) is 15.7 Å². The standard InChI is InChI=1S/C26H23FN4O3/c1-17-2-4-18(5-3-17)24-23(16-31(30-24)21-10-8-20(27)9-11-21)26(34)29-15-14-28-25(33)19-6-12-22(32)13-7-19/h2-13,16,32H,14-15H2,1H3,(H,28,33)(H,29,34). The molecule has 8 heteroatoms. The van der Waals surface area contributed by atoms with E-state index >= 15 is 0 Å². The third-order valence-corrected chi connectivity index (χ3v) is 5.20. The number of carbonyl (C=O) groups is 2. The molecule has 4 rings (SSSR count). The Labute approximate surface area is 195 Å². The number of aromatic nitrogens is 2. The van der Waals surface area contributed by atoms with Crippen LogP contribution in [0.3, 0.4) is 0 Å². The van der Waals surface area contributed by atoms with Gasteiger partial charge in [0.15, 0.2) is 0 Å². The Hall–Kier alpha value is -4.46. The Balaban J connectivity index is 1.48. The zero-order chi connectivity index (χ0) is 24.1. The molecule has 3 N–H and O–H groups in total. The average Bonchev–Trinajstić information content (AvgIpc) is 3.28. The quantitative estimate of drug-likeness (QED) is 0.367. The normalized spacial score (nSPS) is 10.6.